The zero-order valence-corrected chi connectivity index (χ0v) is 26.0. The van der Waals surface area contributed by atoms with Gasteiger partial charge in [-0.15, -0.1) is 0 Å². The lowest BCUT2D eigenvalue weighted by atomic mass is 9.89. The minimum Gasteiger partial charge on any atom is -0.447 e. The Morgan fingerprint density at radius 3 is 2.65 bits per heavy atom. The van der Waals surface area contributed by atoms with Crippen LogP contribution in [0.15, 0.2) is 61.2 Å². The lowest BCUT2D eigenvalue weighted by molar-refractivity contribution is -0.122. The van der Waals surface area contributed by atoms with Gasteiger partial charge in [-0.25, -0.2) is 4.79 Å². The maximum Gasteiger partial charge on any atom is 0.410 e. The molecule has 10 nitrogen and oxygen atoms in total. The van der Waals surface area contributed by atoms with Crippen molar-refractivity contribution in [3.05, 3.63) is 88.6 Å². The molecule has 2 amide bonds. The Bertz CT molecular complexity index is 1390. The van der Waals surface area contributed by atoms with Gasteiger partial charge >= 0.3 is 6.09 Å². The number of carbonyl (C=O) groups is 2. The van der Waals surface area contributed by atoms with Crippen molar-refractivity contribution < 1.29 is 19.1 Å². The van der Waals surface area contributed by atoms with E-state index in [0.29, 0.717) is 36.9 Å². The molecular formula is C32H41ClN6O4. The molecule has 2 unspecified atom stereocenters. The Hall–Kier alpha value is -3.86. The number of nitrogens with one attached hydrogen (secondary N) is 1. The van der Waals surface area contributed by atoms with Gasteiger partial charge in [0.1, 0.15) is 0 Å². The topological polar surface area (TPSA) is 113 Å². The normalized spacial score (nSPS) is 17.7. The number of hydrogen-bond donors (Lipinski definition) is 2. The van der Waals surface area contributed by atoms with Crippen LogP contribution in [0.3, 0.4) is 0 Å². The summed E-state index contributed by atoms with van der Waals surface area (Å²) < 4.78 is 10.6. The molecule has 1 fully saturated rings. The zero-order chi connectivity index (χ0) is 31.1. The van der Waals surface area contributed by atoms with E-state index in [4.69, 9.17) is 31.8 Å². The molecule has 2 aromatic rings. The third-order valence-electron chi connectivity index (χ3n) is 7.63. The van der Waals surface area contributed by atoms with Gasteiger partial charge in [0.25, 0.3) is 0 Å². The van der Waals surface area contributed by atoms with E-state index in [9.17, 15) is 9.59 Å². The van der Waals surface area contributed by atoms with Gasteiger partial charge in [-0.2, -0.15) is 0 Å². The molecule has 2 heterocycles. The fourth-order valence-corrected chi connectivity index (χ4v) is 5.67. The van der Waals surface area contributed by atoms with E-state index in [1.54, 1.807) is 29.3 Å². The summed E-state index contributed by atoms with van der Waals surface area (Å²) in [6, 6.07) is 8.87. The van der Waals surface area contributed by atoms with E-state index in [0.717, 1.165) is 28.0 Å². The number of rotatable bonds is 10. The minimum absolute atomic E-state index is 0.180. The van der Waals surface area contributed by atoms with Gasteiger partial charge in [0.05, 0.1) is 36.2 Å². The molecule has 0 saturated carbocycles. The third kappa shape index (κ3) is 7.38. The zero-order valence-electron chi connectivity index (χ0n) is 25.3. The summed E-state index contributed by atoms with van der Waals surface area (Å²) in [5, 5.41) is 3.73. The highest BCUT2D eigenvalue weighted by Crippen LogP contribution is 2.42. The van der Waals surface area contributed by atoms with Gasteiger partial charge in [0.2, 0.25) is 5.91 Å². The first-order valence-electron chi connectivity index (χ1n) is 14.4. The van der Waals surface area contributed by atoms with Gasteiger partial charge in [-0.3, -0.25) is 14.7 Å². The number of halogens is 1. The van der Waals surface area contributed by atoms with E-state index in [1.807, 2.05) is 51.2 Å². The van der Waals surface area contributed by atoms with Crippen LogP contribution >= 0.6 is 11.6 Å². The standard InChI is InChI=1S/C32H41ClN6O4/c1-6-37(4)27(20-34)30(36-28(40)11-17-42-5)26-18-22-8-7-12-35-29(22)31(24-10-9-23(33)19-25(24)26)38-13-15-39(16-14-38)32(41)43-21(2)3/h6-10,12,18-21,30-31H,1,11,13-17,34H2,2-5H3,(H,36,40)/b27-20-. The molecule has 0 radical (unpaired) electrons. The number of piperazine rings is 1. The Kier molecular flexibility index (Phi) is 10.8. The summed E-state index contributed by atoms with van der Waals surface area (Å²) in [6.45, 7) is 10.2. The predicted octanol–water partition coefficient (Wildman–Crippen LogP) is 4.24. The molecule has 1 saturated heterocycles. The number of likely N-dealkylation sites (N-methyl/N-ethyl adjacent to an activating group) is 1. The number of fused-ring (bicyclic) bond motifs is 2. The Morgan fingerprint density at radius 2 is 2.00 bits per heavy atom. The maximum atomic E-state index is 13.1. The second kappa shape index (κ2) is 14.5. The van der Waals surface area contributed by atoms with Crippen LogP contribution in [-0.2, 0) is 14.3 Å². The van der Waals surface area contributed by atoms with Gasteiger partial charge in [-0.05, 0) is 66.6 Å². The summed E-state index contributed by atoms with van der Waals surface area (Å²) in [4.78, 5) is 36.5. The van der Waals surface area contributed by atoms with Crippen molar-refractivity contribution in [3.63, 3.8) is 0 Å². The molecule has 0 bridgehead atoms. The van der Waals surface area contributed by atoms with Crippen molar-refractivity contribution in [1.82, 2.24) is 25.0 Å². The number of amides is 2. The molecule has 3 N–H and O–H groups in total. The first-order chi connectivity index (χ1) is 20.7. The number of methoxy groups -OCH3 is 1. The van der Waals surface area contributed by atoms with Crippen molar-refractivity contribution in [2.75, 3.05) is 46.9 Å². The van der Waals surface area contributed by atoms with Crippen LogP contribution in [0.25, 0.3) is 11.6 Å². The molecule has 4 rings (SSSR count). The van der Waals surface area contributed by atoms with Gasteiger partial charge < -0.3 is 30.3 Å². The molecule has 1 aliphatic carbocycles. The van der Waals surface area contributed by atoms with E-state index < -0.39 is 6.04 Å². The van der Waals surface area contributed by atoms with Crippen LogP contribution in [-0.4, -0.2) is 90.8 Å². The van der Waals surface area contributed by atoms with Crippen LogP contribution < -0.4 is 11.1 Å². The van der Waals surface area contributed by atoms with Crippen molar-refractivity contribution in [1.29, 1.82) is 0 Å². The lowest BCUT2D eigenvalue weighted by Gasteiger charge is -2.39. The molecule has 0 spiro atoms. The molecule has 1 aromatic heterocycles. The Morgan fingerprint density at radius 1 is 1.26 bits per heavy atom. The summed E-state index contributed by atoms with van der Waals surface area (Å²) in [5.74, 6) is -0.190. The van der Waals surface area contributed by atoms with Crippen molar-refractivity contribution in [2.24, 2.45) is 5.73 Å². The summed E-state index contributed by atoms with van der Waals surface area (Å²) in [7, 11) is 3.39. The molecule has 2 atom stereocenters. The number of nitrogens with two attached hydrogens (primary N) is 1. The molecular weight excluding hydrogens is 568 g/mol. The van der Waals surface area contributed by atoms with E-state index in [2.05, 4.69) is 22.9 Å². The average molecular weight is 609 g/mol. The quantitative estimate of drug-likeness (QED) is 0.412. The predicted molar refractivity (Wildman–Crippen MR) is 169 cm³/mol. The highest BCUT2D eigenvalue weighted by molar-refractivity contribution is 6.30. The number of carbonyl (C=O) groups excluding carboxylic acids is 2. The second-order valence-electron chi connectivity index (χ2n) is 10.8. The first-order valence-corrected chi connectivity index (χ1v) is 14.8. The summed E-state index contributed by atoms with van der Waals surface area (Å²) in [6.07, 6.45) is 6.67. The van der Waals surface area contributed by atoms with Gasteiger partial charge in [0, 0.05) is 64.2 Å². The number of nitrogens with zero attached hydrogens (tertiary/aromatic N) is 4. The first kappa shape index (κ1) is 32.1. The minimum atomic E-state index is -0.635. The fourth-order valence-electron chi connectivity index (χ4n) is 5.50. The van der Waals surface area contributed by atoms with E-state index in [-0.39, 0.29) is 37.2 Å². The molecule has 2 aliphatic rings. The van der Waals surface area contributed by atoms with Crippen molar-refractivity contribution in [3.8, 4) is 0 Å². The Labute approximate surface area is 258 Å². The van der Waals surface area contributed by atoms with Crippen LogP contribution in [0.2, 0.25) is 5.02 Å². The number of benzene rings is 1. The molecule has 1 aliphatic heterocycles. The van der Waals surface area contributed by atoms with Crippen molar-refractivity contribution in [2.45, 2.75) is 38.5 Å². The van der Waals surface area contributed by atoms with Gasteiger partial charge in [0.15, 0.2) is 0 Å². The van der Waals surface area contributed by atoms with Crippen LogP contribution in [0.1, 0.15) is 48.7 Å². The number of aromatic nitrogens is 1. The SMILES string of the molecule is C=CN(C)/C(=C\N)C(NC(=O)CCOC)C1=Cc2cccnc2C(N2CCN(C(=O)OC(C)C)CC2)c2ccc(Cl)cc21. The highest BCUT2D eigenvalue weighted by Gasteiger charge is 2.36. The van der Waals surface area contributed by atoms with Crippen molar-refractivity contribution >= 4 is 35.3 Å². The third-order valence-corrected chi connectivity index (χ3v) is 7.87. The fraction of sp³-hybridized carbons (Fsp3) is 0.406. The van der Waals surface area contributed by atoms with Crippen LogP contribution in [0, 0.1) is 0 Å². The summed E-state index contributed by atoms with van der Waals surface area (Å²) >= 11 is 6.63. The summed E-state index contributed by atoms with van der Waals surface area (Å²) in [5.41, 5.74) is 11.3. The molecule has 1 aromatic carbocycles. The molecule has 11 heteroatoms. The van der Waals surface area contributed by atoms with Crippen LogP contribution in [0.4, 0.5) is 4.79 Å². The maximum absolute atomic E-state index is 13.1. The number of pyridine rings is 1. The lowest BCUT2D eigenvalue weighted by Crippen LogP contribution is -2.50. The molecule has 43 heavy (non-hydrogen) atoms. The smallest absolute Gasteiger partial charge is 0.410 e. The molecule has 230 valence electrons. The highest BCUT2D eigenvalue weighted by atomic mass is 35.5. The number of hydrogen-bond acceptors (Lipinski definition) is 8. The monoisotopic (exact) mass is 608 g/mol. The Balaban J connectivity index is 1.82. The second-order valence-corrected chi connectivity index (χ2v) is 11.2. The van der Waals surface area contributed by atoms with Gasteiger partial charge in [-0.1, -0.05) is 30.3 Å². The largest absolute Gasteiger partial charge is 0.447 e. The van der Waals surface area contributed by atoms with E-state index in [1.165, 1.54) is 6.20 Å². The van der Waals surface area contributed by atoms with E-state index >= 15 is 0 Å². The number of ether oxygens (including phenoxy) is 2. The average Bonchev–Trinajstić information content (AvgIpc) is 3.13. The van der Waals surface area contributed by atoms with Crippen LogP contribution in [0.5, 0.6) is 0 Å².